The Hall–Kier alpha value is -4.45. The van der Waals surface area contributed by atoms with E-state index in [0.717, 1.165) is 109 Å². The zero-order valence-corrected chi connectivity index (χ0v) is 42.9. The van der Waals surface area contributed by atoms with Crippen LogP contribution in [0.15, 0.2) is 134 Å². The Morgan fingerprint density at radius 1 is 0.313 bits per heavy atom. The molecule has 6 nitrogen and oxygen atoms in total. The average Bonchev–Trinajstić information content (AvgIpc) is 3.33. The summed E-state index contributed by atoms with van der Waals surface area (Å²) in [5.74, 6) is -1.07. The highest BCUT2D eigenvalue weighted by molar-refractivity contribution is 5.71. The third-order valence-corrected chi connectivity index (χ3v) is 10.6. The first-order valence-corrected chi connectivity index (χ1v) is 26.7. The van der Waals surface area contributed by atoms with E-state index in [2.05, 4.69) is 142 Å². The number of allylic oxidation sites excluding steroid dienone is 22. The minimum atomic E-state index is -0.838. The quantitative estimate of drug-likeness (QED) is 0.0262. The van der Waals surface area contributed by atoms with E-state index in [1.54, 1.807) is 0 Å². The maximum absolute atomic E-state index is 12.8. The predicted octanol–water partition coefficient (Wildman–Crippen LogP) is 17.9. The third kappa shape index (κ3) is 52.4. The second kappa shape index (κ2) is 54.2. The molecule has 0 fully saturated rings. The Bertz CT molecular complexity index is 1480. The fraction of sp³-hybridized carbons (Fsp3) is 0.590. The van der Waals surface area contributed by atoms with Crippen molar-refractivity contribution >= 4 is 17.9 Å². The molecule has 0 saturated carbocycles. The number of hydrogen-bond donors (Lipinski definition) is 0. The lowest BCUT2D eigenvalue weighted by atomic mass is 10.1. The zero-order chi connectivity index (χ0) is 48.6. The van der Waals surface area contributed by atoms with Crippen LogP contribution >= 0.6 is 0 Å². The van der Waals surface area contributed by atoms with Crippen LogP contribution in [-0.2, 0) is 28.6 Å². The standard InChI is InChI=1S/C61H96O6/c1-4-7-10-13-16-19-22-25-28-29-30-31-34-36-39-42-45-48-51-54-60(63)66-57-58(67-61(64)55-52-49-46-43-40-37-33-27-24-21-18-15-12-9-6-3)56-65-59(62)53-50-47-44-41-38-35-32-26-23-20-17-14-11-8-5-2/h7,9-10,12,16,18-19,21,25-28,30-33,36,39-40,43,45,48,58H,4-6,8,11,13-15,17,20,22-24,29,34-35,37-38,41-42,44,46-47,49-57H2,1-3H3/b10-7-,12-9-,19-16-,21-18-,28-25-,31-30-,32-26-,33-27-,39-36-,43-40-,48-45-/t58-/m1/s1. The molecule has 0 bridgehead atoms. The number of unbranched alkanes of at least 4 members (excludes halogenated alkanes) is 13. The highest BCUT2D eigenvalue weighted by Crippen LogP contribution is 2.12. The Kier molecular flexibility index (Phi) is 50.6. The zero-order valence-electron chi connectivity index (χ0n) is 42.9. The van der Waals surface area contributed by atoms with E-state index < -0.39 is 6.10 Å². The minimum Gasteiger partial charge on any atom is -0.462 e. The van der Waals surface area contributed by atoms with E-state index in [4.69, 9.17) is 14.2 Å². The van der Waals surface area contributed by atoms with Gasteiger partial charge >= 0.3 is 17.9 Å². The van der Waals surface area contributed by atoms with Crippen LogP contribution in [0, 0.1) is 0 Å². The summed E-state index contributed by atoms with van der Waals surface area (Å²) < 4.78 is 16.7. The molecule has 0 aromatic heterocycles. The Labute approximate surface area is 411 Å². The van der Waals surface area contributed by atoms with Gasteiger partial charge in [0.25, 0.3) is 0 Å². The molecule has 0 aliphatic carbocycles. The molecule has 0 saturated heterocycles. The van der Waals surface area contributed by atoms with Crippen LogP contribution in [0.1, 0.15) is 213 Å². The van der Waals surface area contributed by atoms with Gasteiger partial charge in [0.15, 0.2) is 6.10 Å². The summed E-state index contributed by atoms with van der Waals surface area (Å²) in [6.07, 6.45) is 75.9. The maximum Gasteiger partial charge on any atom is 0.306 e. The smallest absolute Gasteiger partial charge is 0.306 e. The van der Waals surface area contributed by atoms with Gasteiger partial charge in [-0.1, -0.05) is 206 Å². The molecule has 0 unspecified atom stereocenters. The molecule has 0 aromatic rings. The Balaban J connectivity index is 4.60. The van der Waals surface area contributed by atoms with Gasteiger partial charge in [0.05, 0.1) is 0 Å². The predicted molar refractivity (Wildman–Crippen MR) is 288 cm³/mol. The number of esters is 3. The van der Waals surface area contributed by atoms with Crippen molar-refractivity contribution in [1.29, 1.82) is 0 Å². The summed E-state index contributed by atoms with van der Waals surface area (Å²) in [6.45, 7) is 6.28. The van der Waals surface area contributed by atoms with Crippen LogP contribution in [0.5, 0.6) is 0 Å². The van der Waals surface area contributed by atoms with Crippen molar-refractivity contribution in [2.24, 2.45) is 0 Å². The SMILES string of the molecule is CC/C=C\C/C=C\C/C=C\C/C=C\C/C=C\C/C=C\CCC(=O)OC[C@@H](COC(=O)CCCCCCC/C=C\CCCCCCCC)OC(=O)CCCC/C=C\C/C=C\C/C=C\C/C=C\CC. The van der Waals surface area contributed by atoms with E-state index in [1.807, 2.05) is 12.2 Å². The molecule has 0 spiro atoms. The first-order chi connectivity index (χ1) is 33.0. The first kappa shape index (κ1) is 62.5. The largest absolute Gasteiger partial charge is 0.462 e. The summed E-state index contributed by atoms with van der Waals surface area (Å²) in [7, 11) is 0. The van der Waals surface area contributed by atoms with Crippen molar-refractivity contribution in [3.8, 4) is 0 Å². The van der Waals surface area contributed by atoms with Crippen molar-refractivity contribution in [3.63, 3.8) is 0 Å². The van der Waals surface area contributed by atoms with Crippen LogP contribution in [0.4, 0.5) is 0 Å². The van der Waals surface area contributed by atoms with Crippen molar-refractivity contribution in [1.82, 2.24) is 0 Å². The van der Waals surface area contributed by atoms with Crippen LogP contribution in [-0.4, -0.2) is 37.2 Å². The van der Waals surface area contributed by atoms with Crippen LogP contribution in [0.25, 0.3) is 0 Å². The number of carbonyl (C=O) groups is 3. The molecule has 0 amide bonds. The number of carbonyl (C=O) groups excluding carboxylic acids is 3. The van der Waals surface area contributed by atoms with Gasteiger partial charge in [-0.2, -0.15) is 0 Å². The van der Waals surface area contributed by atoms with Crippen LogP contribution in [0.2, 0.25) is 0 Å². The molecule has 0 heterocycles. The Morgan fingerprint density at radius 2 is 0.612 bits per heavy atom. The van der Waals surface area contributed by atoms with Gasteiger partial charge in [0, 0.05) is 19.3 Å². The van der Waals surface area contributed by atoms with Gasteiger partial charge in [-0.15, -0.1) is 0 Å². The molecule has 6 heteroatoms. The fourth-order valence-corrected chi connectivity index (χ4v) is 6.69. The number of hydrogen-bond acceptors (Lipinski definition) is 6. The Morgan fingerprint density at radius 3 is 1.04 bits per heavy atom. The molecule has 0 aliphatic rings. The van der Waals surface area contributed by atoms with Crippen molar-refractivity contribution in [3.05, 3.63) is 134 Å². The second-order valence-corrected chi connectivity index (χ2v) is 17.0. The highest BCUT2D eigenvalue weighted by atomic mass is 16.6. The lowest BCUT2D eigenvalue weighted by Gasteiger charge is -2.18. The highest BCUT2D eigenvalue weighted by Gasteiger charge is 2.19. The molecule has 67 heavy (non-hydrogen) atoms. The lowest BCUT2D eigenvalue weighted by Crippen LogP contribution is -2.30. The van der Waals surface area contributed by atoms with Gasteiger partial charge in [-0.05, 0) is 122 Å². The molecular formula is C61H96O6. The monoisotopic (exact) mass is 925 g/mol. The van der Waals surface area contributed by atoms with E-state index >= 15 is 0 Å². The van der Waals surface area contributed by atoms with E-state index in [0.29, 0.717) is 19.3 Å². The maximum atomic E-state index is 12.8. The molecule has 0 N–H and O–H groups in total. The average molecular weight is 925 g/mol. The molecule has 0 rings (SSSR count). The van der Waals surface area contributed by atoms with Gasteiger partial charge < -0.3 is 14.2 Å². The molecular weight excluding hydrogens is 829 g/mol. The molecule has 376 valence electrons. The van der Waals surface area contributed by atoms with Crippen molar-refractivity contribution < 1.29 is 28.6 Å². The van der Waals surface area contributed by atoms with Gasteiger partial charge in [0.1, 0.15) is 13.2 Å². The molecule has 1 atom stereocenters. The fourth-order valence-electron chi connectivity index (χ4n) is 6.69. The van der Waals surface area contributed by atoms with Gasteiger partial charge in [-0.3, -0.25) is 14.4 Å². The van der Waals surface area contributed by atoms with E-state index in [1.165, 1.54) is 51.4 Å². The minimum absolute atomic E-state index is 0.127. The number of ether oxygens (including phenoxy) is 3. The topological polar surface area (TPSA) is 78.9 Å². The third-order valence-electron chi connectivity index (χ3n) is 10.6. The summed E-state index contributed by atoms with van der Waals surface area (Å²) in [5, 5.41) is 0. The normalized spacial score (nSPS) is 13.2. The summed E-state index contributed by atoms with van der Waals surface area (Å²) in [5.41, 5.74) is 0. The summed E-state index contributed by atoms with van der Waals surface area (Å²) in [6, 6.07) is 0. The van der Waals surface area contributed by atoms with Gasteiger partial charge in [0.2, 0.25) is 0 Å². The van der Waals surface area contributed by atoms with Crippen LogP contribution < -0.4 is 0 Å². The van der Waals surface area contributed by atoms with Crippen LogP contribution in [0.3, 0.4) is 0 Å². The molecule has 0 aliphatic heterocycles. The number of rotatable bonds is 46. The van der Waals surface area contributed by atoms with Crippen molar-refractivity contribution in [2.45, 2.75) is 219 Å². The lowest BCUT2D eigenvalue weighted by molar-refractivity contribution is -0.166. The summed E-state index contributed by atoms with van der Waals surface area (Å²) in [4.78, 5) is 38.0. The summed E-state index contributed by atoms with van der Waals surface area (Å²) >= 11 is 0. The first-order valence-electron chi connectivity index (χ1n) is 26.7. The van der Waals surface area contributed by atoms with E-state index in [-0.39, 0.29) is 44.0 Å². The molecule has 0 aromatic carbocycles. The second-order valence-electron chi connectivity index (χ2n) is 17.0. The van der Waals surface area contributed by atoms with Gasteiger partial charge in [-0.25, -0.2) is 0 Å². The molecule has 0 radical (unpaired) electrons. The van der Waals surface area contributed by atoms with Crippen molar-refractivity contribution in [2.75, 3.05) is 13.2 Å². The van der Waals surface area contributed by atoms with E-state index in [9.17, 15) is 14.4 Å².